The molecule has 0 aromatic carbocycles. The molecule has 7 nitrogen and oxygen atoms in total. The summed E-state index contributed by atoms with van der Waals surface area (Å²) in [4.78, 5) is 31.2. The smallest absolute Gasteiger partial charge is 0.265 e. The third-order valence-corrected chi connectivity index (χ3v) is 5.80. The van der Waals surface area contributed by atoms with Crippen LogP contribution >= 0.6 is 0 Å². The molecule has 1 aliphatic carbocycles. The molecule has 1 amide bonds. The summed E-state index contributed by atoms with van der Waals surface area (Å²) in [7, 11) is 0. The van der Waals surface area contributed by atoms with Gasteiger partial charge in [-0.2, -0.15) is 0 Å². The second-order valence-electron chi connectivity index (χ2n) is 8.29. The molecule has 0 radical (unpaired) electrons. The summed E-state index contributed by atoms with van der Waals surface area (Å²) in [6, 6.07) is 4.45. The van der Waals surface area contributed by atoms with E-state index in [-0.39, 0.29) is 30.2 Å². The number of hydrogen-bond donors (Lipinski definition) is 0. The summed E-state index contributed by atoms with van der Waals surface area (Å²) in [6.07, 6.45) is 6.81. The lowest BCUT2D eigenvalue weighted by Gasteiger charge is -2.32. The number of fused-ring (bicyclic) bond motifs is 2. The summed E-state index contributed by atoms with van der Waals surface area (Å²) >= 11 is 0. The maximum Gasteiger partial charge on any atom is 0.265 e. The zero-order valence-electron chi connectivity index (χ0n) is 18.3. The highest BCUT2D eigenvalue weighted by Gasteiger charge is 2.48. The van der Waals surface area contributed by atoms with Crippen LogP contribution in [-0.2, 0) is 4.79 Å². The number of hydrogen-bond acceptors (Lipinski definition) is 6. The number of aliphatic imine (C=N–C) groups is 1. The quantitative estimate of drug-likeness (QED) is 0.447. The molecule has 1 saturated heterocycles. The van der Waals surface area contributed by atoms with Gasteiger partial charge >= 0.3 is 0 Å². The fourth-order valence-corrected chi connectivity index (χ4v) is 4.32. The molecular formula is C24H25F2N5O2. The monoisotopic (exact) mass is 453 g/mol. The van der Waals surface area contributed by atoms with E-state index in [1.807, 2.05) is 17.9 Å². The van der Waals surface area contributed by atoms with E-state index in [9.17, 15) is 13.6 Å². The first-order chi connectivity index (χ1) is 15.9. The summed E-state index contributed by atoms with van der Waals surface area (Å²) in [5.74, 6) is 1.14. The third-order valence-electron chi connectivity index (χ3n) is 5.80. The number of amides is 1. The number of likely N-dealkylation sites (tertiary alicyclic amines) is 1. The van der Waals surface area contributed by atoms with Crippen molar-refractivity contribution in [2.45, 2.75) is 38.3 Å². The normalized spacial score (nSPS) is 22.4. The van der Waals surface area contributed by atoms with Crippen LogP contribution in [0.4, 0.5) is 8.78 Å². The number of nitrogens with zero attached hydrogens (tertiary/aromatic N) is 5. The van der Waals surface area contributed by atoms with E-state index in [4.69, 9.17) is 4.74 Å². The Kier molecular flexibility index (Phi) is 6.86. The zero-order valence-corrected chi connectivity index (χ0v) is 18.3. The zero-order chi connectivity index (χ0) is 23.4. The van der Waals surface area contributed by atoms with Gasteiger partial charge in [0.1, 0.15) is 12.6 Å². The van der Waals surface area contributed by atoms with Gasteiger partial charge in [0, 0.05) is 48.6 Å². The van der Waals surface area contributed by atoms with Crippen molar-refractivity contribution in [2.75, 3.05) is 13.1 Å². The van der Waals surface area contributed by atoms with Crippen LogP contribution in [-0.4, -0.2) is 57.2 Å². The number of rotatable bonds is 8. The fraction of sp³-hybridized carbons (Fsp3) is 0.375. The van der Waals surface area contributed by atoms with Gasteiger partial charge in [0.05, 0.1) is 6.04 Å². The molecule has 9 heteroatoms. The molecule has 33 heavy (non-hydrogen) atoms. The second kappa shape index (κ2) is 9.97. The van der Waals surface area contributed by atoms with E-state index in [1.54, 1.807) is 24.7 Å². The summed E-state index contributed by atoms with van der Waals surface area (Å²) < 4.78 is 31.4. The number of carbonyl (C=O) groups excluding carboxylic acids is 1. The van der Waals surface area contributed by atoms with Crippen molar-refractivity contribution in [3.63, 3.8) is 0 Å². The van der Waals surface area contributed by atoms with Crippen molar-refractivity contribution in [1.29, 1.82) is 0 Å². The van der Waals surface area contributed by atoms with Crippen LogP contribution in [0.3, 0.4) is 0 Å². The largest absolute Gasteiger partial charge is 0.472 e. The van der Waals surface area contributed by atoms with Crippen molar-refractivity contribution < 1.29 is 18.3 Å². The number of piperidine rings is 1. The number of alkyl halides is 2. The Bertz CT molecular complexity index is 1060. The molecule has 0 N–H and O–H groups in total. The predicted molar refractivity (Wildman–Crippen MR) is 120 cm³/mol. The van der Waals surface area contributed by atoms with E-state index >= 15 is 0 Å². The Morgan fingerprint density at radius 2 is 2.09 bits per heavy atom. The van der Waals surface area contributed by atoms with Crippen LogP contribution in [0.15, 0.2) is 60.0 Å². The van der Waals surface area contributed by atoms with Crippen LogP contribution in [0.25, 0.3) is 5.57 Å². The van der Waals surface area contributed by atoms with Crippen molar-refractivity contribution >= 4 is 17.7 Å². The van der Waals surface area contributed by atoms with E-state index in [0.29, 0.717) is 29.7 Å². The Hall–Kier alpha value is -3.49. The molecule has 2 aliphatic rings. The maximum absolute atomic E-state index is 12.8. The molecular weight excluding hydrogens is 428 g/mol. The van der Waals surface area contributed by atoms with Crippen LogP contribution in [0.1, 0.15) is 37.6 Å². The van der Waals surface area contributed by atoms with Gasteiger partial charge in [-0.3, -0.25) is 9.79 Å². The first-order valence-electron chi connectivity index (χ1n) is 10.8. The SMILES string of the molecule is C=C(/C=C(/C)C=NCC(=O)N1CC2CC(Oc3ccc(C(F)F)cn3)C1C2)c1ncccn1. The Morgan fingerprint density at radius 3 is 2.76 bits per heavy atom. The van der Waals surface area contributed by atoms with Gasteiger partial charge in [0.15, 0.2) is 5.82 Å². The average Bonchev–Trinajstić information content (AvgIpc) is 3.40. The second-order valence-corrected chi connectivity index (χ2v) is 8.29. The maximum atomic E-state index is 12.8. The van der Waals surface area contributed by atoms with Crippen molar-refractivity contribution in [2.24, 2.45) is 10.9 Å². The number of halogens is 2. The Morgan fingerprint density at radius 1 is 1.30 bits per heavy atom. The van der Waals surface area contributed by atoms with Gasteiger partial charge in [0.2, 0.25) is 11.8 Å². The van der Waals surface area contributed by atoms with Crippen LogP contribution in [0.2, 0.25) is 0 Å². The summed E-state index contributed by atoms with van der Waals surface area (Å²) in [5, 5.41) is 0. The minimum Gasteiger partial charge on any atom is -0.472 e. The molecule has 2 bridgehead atoms. The molecule has 3 unspecified atom stereocenters. The highest BCUT2D eigenvalue weighted by atomic mass is 19.3. The first kappa shape index (κ1) is 22.7. The van der Waals surface area contributed by atoms with E-state index < -0.39 is 6.43 Å². The van der Waals surface area contributed by atoms with Crippen LogP contribution < -0.4 is 4.74 Å². The highest BCUT2D eigenvalue weighted by Crippen LogP contribution is 2.39. The molecule has 0 spiro atoms. The molecule has 2 aromatic rings. The summed E-state index contributed by atoms with van der Waals surface area (Å²) in [6.45, 7) is 6.56. The fourth-order valence-electron chi connectivity index (χ4n) is 4.32. The summed E-state index contributed by atoms with van der Waals surface area (Å²) in [5.41, 5.74) is 1.36. The highest BCUT2D eigenvalue weighted by molar-refractivity contribution is 5.86. The Labute approximate surface area is 190 Å². The number of pyridine rings is 1. The molecule has 3 heterocycles. The van der Waals surface area contributed by atoms with Crippen molar-refractivity contribution in [3.05, 3.63) is 66.4 Å². The molecule has 2 fully saturated rings. The number of carbonyl (C=O) groups is 1. The van der Waals surface area contributed by atoms with Gasteiger partial charge in [-0.05, 0) is 49.5 Å². The van der Waals surface area contributed by atoms with Gasteiger partial charge in [-0.25, -0.2) is 23.7 Å². The van der Waals surface area contributed by atoms with E-state index in [2.05, 4.69) is 26.5 Å². The van der Waals surface area contributed by atoms with Gasteiger partial charge in [0.25, 0.3) is 6.43 Å². The van der Waals surface area contributed by atoms with Gasteiger partial charge in [-0.15, -0.1) is 0 Å². The molecule has 1 aliphatic heterocycles. The average molecular weight is 453 g/mol. The number of ether oxygens (including phenoxy) is 1. The predicted octanol–water partition coefficient (Wildman–Crippen LogP) is 3.91. The van der Waals surface area contributed by atoms with Gasteiger partial charge < -0.3 is 9.64 Å². The Balaban J connectivity index is 1.31. The van der Waals surface area contributed by atoms with Crippen molar-refractivity contribution in [1.82, 2.24) is 19.9 Å². The minimum absolute atomic E-state index is 0.0385. The van der Waals surface area contributed by atoms with Crippen LogP contribution in [0.5, 0.6) is 5.88 Å². The molecule has 4 rings (SSSR count). The lowest BCUT2D eigenvalue weighted by molar-refractivity contribution is -0.133. The molecule has 3 atom stereocenters. The number of aromatic nitrogens is 3. The molecule has 1 saturated carbocycles. The van der Waals surface area contributed by atoms with Gasteiger partial charge in [-0.1, -0.05) is 6.58 Å². The van der Waals surface area contributed by atoms with E-state index in [0.717, 1.165) is 24.6 Å². The molecule has 2 aromatic heterocycles. The minimum atomic E-state index is -2.56. The molecule has 172 valence electrons. The topological polar surface area (TPSA) is 80.6 Å². The van der Waals surface area contributed by atoms with E-state index in [1.165, 1.54) is 12.1 Å². The third kappa shape index (κ3) is 5.47. The lowest BCUT2D eigenvalue weighted by Crippen LogP contribution is -2.47. The van der Waals surface area contributed by atoms with Crippen LogP contribution in [0, 0.1) is 5.92 Å². The first-order valence-corrected chi connectivity index (χ1v) is 10.8. The lowest BCUT2D eigenvalue weighted by atomic mass is 10.1. The standard InChI is InChI=1S/C24H25F2N5O2/c1-15(8-16(2)24-28-6-3-7-29-24)11-27-13-22(32)31-14-17-9-19(31)20(10-17)33-21-5-4-18(12-30-21)23(25)26/h3-8,11-12,17,19-20,23H,2,9-10,13-14H2,1H3/b15-8-,27-11?. The number of allylic oxidation sites excluding steroid dienone is 3. The van der Waals surface area contributed by atoms with Crippen molar-refractivity contribution in [3.8, 4) is 5.88 Å².